The molecule has 3 heterocycles. The Kier molecular flexibility index (Phi) is 4.18. The smallest absolute Gasteiger partial charge is 0.222 e. The largest absolute Gasteiger partial charge is 0.368 e. The predicted octanol–water partition coefficient (Wildman–Crippen LogP) is 3.29. The lowest BCUT2D eigenvalue weighted by Gasteiger charge is -2.09. The molecule has 7 nitrogen and oxygen atoms in total. The number of rotatable bonds is 3. The van der Waals surface area contributed by atoms with Crippen molar-refractivity contribution in [3.05, 3.63) is 60.8 Å². The first-order valence-electron chi connectivity index (χ1n) is 8.34. The number of nitrogens with zero attached hydrogens (tertiary/aromatic N) is 4. The fraction of sp³-hybridized carbons (Fsp3) is 0.0500. The fourth-order valence-corrected chi connectivity index (χ4v) is 2.79. The van der Waals surface area contributed by atoms with E-state index in [1.807, 2.05) is 48.5 Å². The molecular formula is C20H16N6O. The average Bonchev–Trinajstić information content (AvgIpc) is 2.68. The number of amides is 1. The van der Waals surface area contributed by atoms with Crippen LogP contribution in [0.2, 0.25) is 0 Å². The van der Waals surface area contributed by atoms with Gasteiger partial charge in [-0.2, -0.15) is 0 Å². The molecule has 4 aromatic rings. The van der Waals surface area contributed by atoms with Crippen molar-refractivity contribution in [2.24, 2.45) is 0 Å². The molecule has 1 amide bonds. The Labute approximate surface area is 155 Å². The third-order valence-electron chi connectivity index (χ3n) is 3.97. The first-order chi connectivity index (χ1) is 13.1. The summed E-state index contributed by atoms with van der Waals surface area (Å²) in [6.45, 7) is 1.44. The van der Waals surface area contributed by atoms with Crippen molar-refractivity contribution >= 4 is 28.7 Å². The van der Waals surface area contributed by atoms with Crippen LogP contribution < -0.4 is 11.1 Å². The lowest BCUT2D eigenvalue weighted by molar-refractivity contribution is -0.114. The minimum absolute atomic E-state index is 0.165. The van der Waals surface area contributed by atoms with E-state index in [1.165, 1.54) is 6.92 Å². The van der Waals surface area contributed by atoms with Crippen LogP contribution in [-0.2, 0) is 4.79 Å². The van der Waals surface area contributed by atoms with Crippen LogP contribution in [0.25, 0.3) is 33.5 Å². The van der Waals surface area contributed by atoms with Gasteiger partial charge in [-0.05, 0) is 24.3 Å². The van der Waals surface area contributed by atoms with Gasteiger partial charge in [0.05, 0.1) is 11.2 Å². The van der Waals surface area contributed by atoms with Gasteiger partial charge in [0.25, 0.3) is 0 Å². The van der Waals surface area contributed by atoms with Crippen LogP contribution in [-0.4, -0.2) is 25.8 Å². The van der Waals surface area contributed by atoms with Gasteiger partial charge in [0.15, 0.2) is 0 Å². The van der Waals surface area contributed by atoms with E-state index in [4.69, 9.17) is 10.7 Å². The molecule has 3 N–H and O–H groups in total. The summed E-state index contributed by atoms with van der Waals surface area (Å²) in [4.78, 5) is 28.8. The maximum Gasteiger partial charge on any atom is 0.222 e. The van der Waals surface area contributed by atoms with Crippen molar-refractivity contribution in [2.75, 3.05) is 11.1 Å². The third-order valence-corrected chi connectivity index (χ3v) is 3.97. The Balaban J connectivity index is 1.82. The second kappa shape index (κ2) is 6.80. The van der Waals surface area contributed by atoms with Crippen LogP contribution in [0.15, 0.2) is 60.8 Å². The van der Waals surface area contributed by atoms with Gasteiger partial charge >= 0.3 is 0 Å². The van der Waals surface area contributed by atoms with E-state index in [-0.39, 0.29) is 11.9 Å². The van der Waals surface area contributed by atoms with E-state index in [0.717, 1.165) is 16.8 Å². The van der Waals surface area contributed by atoms with Gasteiger partial charge in [-0.15, -0.1) is 0 Å². The number of carbonyl (C=O) groups is 1. The highest BCUT2D eigenvalue weighted by molar-refractivity contribution is 5.91. The fourth-order valence-electron chi connectivity index (χ4n) is 2.79. The SMILES string of the molecule is CC(=O)Nc1ccc(-c2ccc3nc(N)nc(-c4ccccc4)c3n2)cn1. The number of pyridine rings is 2. The van der Waals surface area contributed by atoms with Crippen molar-refractivity contribution in [2.45, 2.75) is 6.92 Å². The number of nitrogens with two attached hydrogens (primary N) is 1. The molecule has 27 heavy (non-hydrogen) atoms. The maximum absolute atomic E-state index is 11.1. The Hall–Kier alpha value is -3.87. The lowest BCUT2D eigenvalue weighted by atomic mass is 10.1. The zero-order valence-corrected chi connectivity index (χ0v) is 14.5. The van der Waals surface area contributed by atoms with Gasteiger partial charge in [-0.25, -0.2) is 19.9 Å². The number of carbonyl (C=O) groups excluding carboxylic acids is 1. The predicted molar refractivity (Wildman–Crippen MR) is 105 cm³/mol. The maximum atomic E-state index is 11.1. The van der Waals surface area contributed by atoms with Gasteiger partial charge in [-0.3, -0.25) is 4.79 Å². The summed E-state index contributed by atoms with van der Waals surface area (Å²) in [7, 11) is 0. The van der Waals surface area contributed by atoms with Gasteiger partial charge < -0.3 is 11.1 Å². The molecule has 0 spiro atoms. The number of benzene rings is 1. The van der Waals surface area contributed by atoms with Crippen LogP contribution in [0.3, 0.4) is 0 Å². The standard InChI is InChI=1S/C20H16N6O/c1-12(27)23-17-10-7-14(11-22-17)15-8-9-16-19(24-15)18(26-20(21)25-16)13-5-3-2-4-6-13/h2-11H,1H3,(H2,21,25,26)(H,22,23,27). The minimum Gasteiger partial charge on any atom is -0.368 e. The van der Waals surface area contributed by atoms with Crippen molar-refractivity contribution in [3.8, 4) is 22.5 Å². The molecule has 0 saturated carbocycles. The molecule has 0 bridgehead atoms. The monoisotopic (exact) mass is 356 g/mol. The van der Waals surface area contributed by atoms with Crippen LogP contribution >= 0.6 is 0 Å². The van der Waals surface area contributed by atoms with Crippen molar-refractivity contribution in [1.82, 2.24) is 19.9 Å². The molecule has 3 aromatic heterocycles. The summed E-state index contributed by atoms with van der Waals surface area (Å²) in [6.07, 6.45) is 1.67. The summed E-state index contributed by atoms with van der Waals surface area (Å²) < 4.78 is 0. The summed E-state index contributed by atoms with van der Waals surface area (Å²) in [5.41, 5.74) is 10.4. The number of nitrogen functional groups attached to an aromatic ring is 1. The highest BCUT2D eigenvalue weighted by atomic mass is 16.1. The summed E-state index contributed by atoms with van der Waals surface area (Å²) in [5.74, 6) is 0.534. The van der Waals surface area contributed by atoms with Crippen molar-refractivity contribution < 1.29 is 4.79 Å². The van der Waals surface area contributed by atoms with E-state index in [2.05, 4.69) is 20.3 Å². The van der Waals surface area contributed by atoms with Crippen LogP contribution in [0.1, 0.15) is 6.92 Å². The quantitative estimate of drug-likeness (QED) is 0.583. The van der Waals surface area contributed by atoms with E-state index in [0.29, 0.717) is 22.5 Å². The zero-order valence-electron chi connectivity index (χ0n) is 14.5. The second-order valence-electron chi connectivity index (χ2n) is 5.97. The Morgan fingerprint density at radius 1 is 0.926 bits per heavy atom. The Bertz CT molecular complexity index is 1130. The molecule has 0 aliphatic carbocycles. The number of anilines is 2. The van der Waals surface area contributed by atoms with Gasteiger partial charge in [-0.1, -0.05) is 30.3 Å². The first kappa shape index (κ1) is 16.6. The molecular weight excluding hydrogens is 340 g/mol. The molecule has 0 radical (unpaired) electrons. The number of hydrogen-bond acceptors (Lipinski definition) is 6. The molecule has 0 aliphatic rings. The topological polar surface area (TPSA) is 107 Å². The normalized spacial score (nSPS) is 10.7. The van der Waals surface area contributed by atoms with Crippen LogP contribution in [0.4, 0.5) is 11.8 Å². The minimum atomic E-state index is -0.165. The number of nitrogens with one attached hydrogen (secondary N) is 1. The molecule has 0 saturated heterocycles. The van der Waals surface area contributed by atoms with Crippen LogP contribution in [0, 0.1) is 0 Å². The zero-order chi connectivity index (χ0) is 18.8. The van der Waals surface area contributed by atoms with E-state index < -0.39 is 0 Å². The first-order valence-corrected chi connectivity index (χ1v) is 8.34. The molecule has 132 valence electrons. The van der Waals surface area contributed by atoms with Gasteiger partial charge in [0.1, 0.15) is 17.0 Å². The van der Waals surface area contributed by atoms with Crippen molar-refractivity contribution in [1.29, 1.82) is 0 Å². The van der Waals surface area contributed by atoms with Crippen molar-refractivity contribution in [3.63, 3.8) is 0 Å². The molecule has 0 unspecified atom stereocenters. The summed E-state index contributed by atoms with van der Waals surface area (Å²) in [5, 5.41) is 2.65. The van der Waals surface area contributed by atoms with Gasteiger partial charge in [0.2, 0.25) is 11.9 Å². The van der Waals surface area contributed by atoms with E-state index in [1.54, 1.807) is 12.3 Å². The average molecular weight is 356 g/mol. The molecule has 4 rings (SSSR count). The molecule has 1 aromatic carbocycles. The molecule has 0 fully saturated rings. The third kappa shape index (κ3) is 3.43. The lowest BCUT2D eigenvalue weighted by Crippen LogP contribution is -2.07. The molecule has 0 atom stereocenters. The Morgan fingerprint density at radius 2 is 1.74 bits per heavy atom. The molecule has 7 heteroatoms. The highest BCUT2D eigenvalue weighted by Crippen LogP contribution is 2.28. The van der Waals surface area contributed by atoms with E-state index in [9.17, 15) is 4.79 Å². The van der Waals surface area contributed by atoms with Gasteiger partial charge in [0, 0.05) is 24.2 Å². The highest BCUT2D eigenvalue weighted by Gasteiger charge is 2.12. The Morgan fingerprint density at radius 3 is 2.44 bits per heavy atom. The number of hydrogen-bond donors (Lipinski definition) is 2. The summed E-state index contributed by atoms with van der Waals surface area (Å²) >= 11 is 0. The number of fused-ring (bicyclic) bond motifs is 1. The van der Waals surface area contributed by atoms with Crippen LogP contribution in [0.5, 0.6) is 0 Å². The summed E-state index contributed by atoms with van der Waals surface area (Å²) in [6, 6.07) is 17.0. The second-order valence-corrected chi connectivity index (χ2v) is 5.97. The van der Waals surface area contributed by atoms with E-state index >= 15 is 0 Å². The molecule has 0 aliphatic heterocycles. The number of aromatic nitrogens is 4.